The summed E-state index contributed by atoms with van der Waals surface area (Å²) in [6, 6.07) is 7.46. The maximum absolute atomic E-state index is 12.6. The number of nitrogens with one attached hydrogen (secondary N) is 1. The first-order valence-corrected chi connectivity index (χ1v) is 7.62. The first kappa shape index (κ1) is 14.8. The minimum atomic E-state index is -0.285. The summed E-state index contributed by atoms with van der Waals surface area (Å²) in [4.78, 5) is 25.0. The molecule has 1 aromatic carbocycles. The van der Waals surface area contributed by atoms with E-state index in [1.54, 1.807) is 30.0 Å². The van der Waals surface area contributed by atoms with Crippen molar-refractivity contribution in [1.82, 2.24) is 9.88 Å². The number of amides is 1. The average molecular weight is 300 g/mol. The van der Waals surface area contributed by atoms with Crippen LogP contribution in [-0.2, 0) is 11.5 Å². The number of aromatic nitrogens is 1. The van der Waals surface area contributed by atoms with Crippen molar-refractivity contribution in [3.63, 3.8) is 0 Å². The van der Waals surface area contributed by atoms with Crippen molar-refractivity contribution >= 4 is 16.8 Å². The van der Waals surface area contributed by atoms with Crippen molar-refractivity contribution in [2.75, 3.05) is 7.11 Å². The van der Waals surface area contributed by atoms with Crippen molar-refractivity contribution < 1.29 is 9.53 Å². The molecule has 0 spiro atoms. The fourth-order valence-corrected chi connectivity index (χ4v) is 3.09. The summed E-state index contributed by atoms with van der Waals surface area (Å²) in [6.45, 7) is 0.296. The predicted octanol–water partition coefficient (Wildman–Crippen LogP) is 2.28. The Labute approximate surface area is 128 Å². The molecule has 0 radical (unpaired) electrons. The molecule has 1 fully saturated rings. The smallest absolute Gasteiger partial charge is 0.256 e. The van der Waals surface area contributed by atoms with Crippen LogP contribution in [0.5, 0.6) is 0 Å². The Morgan fingerprint density at radius 3 is 2.77 bits per heavy atom. The summed E-state index contributed by atoms with van der Waals surface area (Å²) in [5, 5.41) is 3.52. The molecule has 1 N–H and O–H groups in total. The summed E-state index contributed by atoms with van der Waals surface area (Å²) in [6.07, 6.45) is 5.85. The van der Waals surface area contributed by atoms with E-state index in [1.807, 2.05) is 12.1 Å². The Kier molecular flexibility index (Phi) is 4.24. The predicted molar refractivity (Wildman–Crippen MR) is 84.9 cm³/mol. The Balaban J connectivity index is 2.03. The molecule has 1 amide bonds. The highest BCUT2D eigenvalue weighted by molar-refractivity contribution is 5.97. The van der Waals surface area contributed by atoms with Gasteiger partial charge in [0, 0.05) is 24.7 Å². The number of benzene rings is 1. The zero-order valence-corrected chi connectivity index (χ0v) is 12.7. The minimum Gasteiger partial charge on any atom is -0.364 e. The van der Waals surface area contributed by atoms with Gasteiger partial charge in [-0.2, -0.15) is 0 Å². The number of para-hydroxylation sites is 1. The number of nitrogens with zero attached hydrogens (tertiary/aromatic N) is 1. The van der Waals surface area contributed by atoms with E-state index in [9.17, 15) is 9.59 Å². The molecule has 0 atom stereocenters. The van der Waals surface area contributed by atoms with Gasteiger partial charge in [-0.3, -0.25) is 9.59 Å². The normalized spacial score (nSPS) is 15.3. The second-order valence-electron chi connectivity index (χ2n) is 5.73. The van der Waals surface area contributed by atoms with Crippen molar-refractivity contribution in [2.24, 2.45) is 0 Å². The lowest BCUT2D eigenvalue weighted by atomic mass is 10.1. The summed E-state index contributed by atoms with van der Waals surface area (Å²) in [5.74, 6) is -0.285. The molecule has 3 rings (SSSR count). The zero-order chi connectivity index (χ0) is 15.5. The molecule has 116 valence electrons. The summed E-state index contributed by atoms with van der Waals surface area (Å²) >= 11 is 0. The van der Waals surface area contributed by atoms with E-state index in [-0.39, 0.29) is 22.9 Å². The fourth-order valence-electron chi connectivity index (χ4n) is 3.09. The monoisotopic (exact) mass is 300 g/mol. The van der Waals surface area contributed by atoms with Crippen molar-refractivity contribution in [3.05, 3.63) is 46.2 Å². The maximum atomic E-state index is 12.6. The van der Waals surface area contributed by atoms with Crippen molar-refractivity contribution in [2.45, 2.75) is 38.5 Å². The Morgan fingerprint density at radius 1 is 1.32 bits per heavy atom. The lowest BCUT2D eigenvalue weighted by molar-refractivity contribution is 0.0934. The molecule has 0 saturated heterocycles. The molecule has 1 aliphatic rings. The van der Waals surface area contributed by atoms with Crippen LogP contribution < -0.4 is 10.7 Å². The average Bonchev–Trinajstić information content (AvgIpc) is 3.03. The second kappa shape index (κ2) is 6.32. The van der Waals surface area contributed by atoms with Crippen LogP contribution >= 0.6 is 0 Å². The van der Waals surface area contributed by atoms with E-state index in [2.05, 4.69) is 5.32 Å². The number of ether oxygens (including phenoxy) is 1. The van der Waals surface area contributed by atoms with E-state index >= 15 is 0 Å². The van der Waals surface area contributed by atoms with E-state index in [0.29, 0.717) is 12.1 Å². The van der Waals surface area contributed by atoms with Gasteiger partial charge in [-0.25, -0.2) is 0 Å². The lowest BCUT2D eigenvalue weighted by Crippen LogP contribution is -2.36. The fraction of sp³-hybridized carbons (Fsp3) is 0.412. The number of rotatable bonds is 4. The van der Waals surface area contributed by atoms with Crippen LogP contribution in [0.4, 0.5) is 0 Å². The largest absolute Gasteiger partial charge is 0.364 e. The molecule has 5 heteroatoms. The van der Waals surface area contributed by atoms with Crippen molar-refractivity contribution in [3.8, 4) is 0 Å². The van der Waals surface area contributed by atoms with Gasteiger partial charge in [0.1, 0.15) is 12.3 Å². The zero-order valence-electron chi connectivity index (χ0n) is 12.7. The Morgan fingerprint density at radius 2 is 2.05 bits per heavy atom. The van der Waals surface area contributed by atoms with Crippen LogP contribution in [0.2, 0.25) is 0 Å². The number of fused-ring (bicyclic) bond motifs is 1. The summed E-state index contributed by atoms with van der Waals surface area (Å²) in [7, 11) is 1.59. The van der Waals surface area contributed by atoms with Crippen LogP contribution in [0, 0.1) is 0 Å². The van der Waals surface area contributed by atoms with E-state index in [1.165, 1.54) is 0 Å². The number of pyridine rings is 1. The van der Waals surface area contributed by atoms with Crippen LogP contribution in [-0.4, -0.2) is 23.6 Å². The van der Waals surface area contributed by atoms with Gasteiger partial charge in [-0.15, -0.1) is 0 Å². The third-order valence-electron chi connectivity index (χ3n) is 4.19. The van der Waals surface area contributed by atoms with Crippen LogP contribution in [0.25, 0.3) is 10.9 Å². The molecule has 1 aromatic heterocycles. The highest BCUT2D eigenvalue weighted by atomic mass is 16.5. The van der Waals surface area contributed by atoms with Crippen LogP contribution in [0.3, 0.4) is 0 Å². The maximum Gasteiger partial charge on any atom is 0.256 e. The summed E-state index contributed by atoms with van der Waals surface area (Å²) in [5.41, 5.74) is 0.730. The molecule has 0 bridgehead atoms. The molecule has 0 unspecified atom stereocenters. The molecular formula is C17H20N2O3. The number of hydrogen-bond donors (Lipinski definition) is 1. The van der Waals surface area contributed by atoms with E-state index < -0.39 is 0 Å². The second-order valence-corrected chi connectivity index (χ2v) is 5.73. The van der Waals surface area contributed by atoms with E-state index in [4.69, 9.17) is 4.74 Å². The van der Waals surface area contributed by atoms with Crippen LogP contribution in [0.1, 0.15) is 36.0 Å². The van der Waals surface area contributed by atoms with Gasteiger partial charge in [-0.05, 0) is 25.0 Å². The third-order valence-corrected chi connectivity index (χ3v) is 4.19. The van der Waals surface area contributed by atoms with Crippen LogP contribution in [0.15, 0.2) is 35.3 Å². The molecule has 1 aliphatic carbocycles. The minimum absolute atomic E-state index is 0.183. The van der Waals surface area contributed by atoms with Gasteiger partial charge in [0.05, 0.1) is 5.52 Å². The molecule has 0 aliphatic heterocycles. The third kappa shape index (κ3) is 2.76. The molecule has 5 nitrogen and oxygen atoms in total. The number of methoxy groups -OCH3 is 1. The number of carbonyl (C=O) groups is 1. The van der Waals surface area contributed by atoms with Crippen molar-refractivity contribution in [1.29, 1.82) is 0 Å². The lowest BCUT2D eigenvalue weighted by Gasteiger charge is -2.15. The van der Waals surface area contributed by atoms with E-state index in [0.717, 1.165) is 31.2 Å². The topological polar surface area (TPSA) is 60.3 Å². The molecule has 22 heavy (non-hydrogen) atoms. The Bertz CT molecular complexity index is 745. The molecule has 2 aromatic rings. The first-order chi connectivity index (χ1) is 10.7. The first-order valence-electron chi connectivity index (χ1n) is 7.62. The quantitative estimate of drug-likeness (QED) is 0.942. The van der Waals surface area contributed by atoms with Gasteiger partial charge >= 0.3 is 0 Å². The van der Waals surface area contributed by atoms with Gasteiger partial charge in [-0.1, -0.05) is 25.0 Å². The highest BCUT2D eigenvalue weighted by Gasteiger charge is 2.21. The van der Waals surface area contributed by atoms with Gasteiger partial charge in [0.2, 0.25) is 5.43 Å². The van der Waals surface area contributed by atoms with Gasteiger partial charge in [0.15, 0.2) is 0 Å². The standard InChI is InChI=1S/C17H20N2O3/c1-22-11-19-10-14(17(21)18-12-6-2-3-7-12)16(20)13-8-4-5-9-15(13)19/h4-5,8-10,12H,2-3,6-7,11H2,1H3,(H,18,21). The number of hydrogen-bond acceptors (Lipinski definition) is 3. The molecule has 1 saturated carbocycles. The van der Waals surface area contributed by atoms with Gasteiger partial charge in [0.25, 0.3) is 5.91 Å². The molecule has 1 heterocycles. The Hall–Kier alpha value is -2.14. The molecular weight excluding hydrogens is 280 g/mol. The highest BCUT2D eigenvalue weighted by Crippen LogP contribution is 2.18. The summed E-state index contributed by atoms with van der Waals surface area (Å²) < 4.78 is 6.97. The van der Waals surface area contributed by atoms with Gasteiger partial charge < -0.3 is 14.6 Å². The SMILES string of the molecule is COCn1cc(C(=O)NC2CCCC2)c(=O)c2ccccc21. The number of carbonyl (C=O) groups excluding carboxylic acids is 1.